The molecular weight excluding hydrogens is 356 g/mol. The summed E-state index contributed by atoms with van der Waals surface area (Å²) in [7, 11) is 1.63. The maximum Gasteiger partial charge on any atom is 0.244 e. The molecular formula is C18H19BrN2O2. The molecule has 1 aliphatic heterocycles. The first-order valence-corrected chi connectivity index (χ1v) is 8.36. The maximum atomic E-state index is 12.7. The minimum atomic E-state index is -0.564. The monoisotopic (exact) mass is 374 g/mol. The van der Waals surface area contributed by atoms with Crippen LogP contribution in [0.1, 0.15) is 11.1 Å². The Kier molecular flexibility index (Phi) is 4.68. The fourth-order valence-electron chi connectivity index (χ4n) is 2.91. The number of rotatable bonds is 4. The summed E-state index contributed by atoms with van der Waals surface area (Å²) in [4.78, 5) is 14.5. The lowest BCUT2D eigenvalue weighted by atomic mass is 10.1. The van der Waals surface area contributed by atoms with Gasteiger partial charge in [0.2, 0.25) is 5.91 Å². The smallest absolute Gasteiger partial charge is 0.244 e. The second kappa shape index (κ2) is 6.72. The molecule has 3 rings (SSSR count). The van der Waals surface area contributed by atoms with Gasteiger partial charge in [0.25, 0.3) is 0 Å². The van der Waals surface area contributed by atoms with Crippen molar-refractivity contribution in [2.45, 2.75) is 18.9 Å². The van der Waals surface area contributed by atoms with Gasteiger partial charge >= 0.3 is 0 Å². The highest BCUT2D eigenvalue weighted by molar-refractivity contribution is 9.10. The highest BCUT2D eigenvalue weighted by atomic mass is 79.9. The van der Waals surface area contributed by atoms with Crippen LogP contribution in [0.15, 0.2) is 46.9 Å². The van der Waals surface area contributed by atoms with E-state index in [9.17, 15) is 4.79 Å². The number of nitrogens with two attached hydrogens (primary N) is 1. The normalized spacial score (nSPS) is 14.5. The third-order valence-corrected chi connectivity index (χ3v) is 4.91. The van der Waals surface area contributed by atoms with Crippen LogP contribution in [0.25, 0.3) is 0 Å². The van der Waals surface area contributed by atoms with Crippen LogP contribution >= 0.6 is 15.9 Å². The maximum absolute atomic E-state index is 12.7. The zero-order valence-electron chi connectivity index (χ0n) is 13.0. The first kappa shape index (κ1) is 16.0. The van der Waals surface area contributed by atoms with Crippen molar-refractivity contribution >= 4 is 27.5 Å². The van der Waals surface area contributed by atoms with Gasteiger partial charge in [-0.2, -0.15) is 0 Å². The molecule has 0 radical (unpaired) electrons. The predicted molar refractivity (Wildman–Crippen MR) is 94.9 cm³/mol. The Morgan fingerprint density at radius 2 is 2.13 bits per heavy atom. The van der Waals surface area contributed by atoms with Gasteiger partial charge in [-0.15, -0.1) is 0 Å². The van der Waals surface area contributed by atoms with E-state index in [4.69, 9.17) is 10.5 Å². The molecule has 0 aliphatic carbocycles. The quantitative estimate of drug-likeness (QED) is 0.894. The average molecular weight is 375 g/mol. The van der Waals surface area contributed by atoms with Crippen LogP contribution in [-0.4, -0.2) is 25.6 Å². The molecule has 1 atom stereocenters. The van der Waals surface area contributed by atoms with Crippen LogP contribution in [0, 0.1) is 0 Å². The van der Waals surface area contributed by atoms with E-state index in [1.165, 1.54) is 5.56 Å². The molecule has 5 heteroatoms. The molecule has 1 amide bonds. The van der Waals surface area contributed by atoms with Crippen LogP contribution in [-0.2, 0) is 17.6 Å². The number of methoxy groups -OCH3 is 1. The summed E-state index contributed by atoms with van der Waals surface area (Å²) < 4.78 is 6.09. The predicted octanol–water partition coefficient (Wildman–Crippen LogP) is 2.92. The number of ether oxygens (including phenoxy) is 1. The van der Waals surface area contributed by atoms with Gasteiger partial charge in [-0.1, -0.05) is 40.2 Å². The number of hydrogen-bond acceptors (Lipinski definition) is 3. The Bertz CT molecular complexity index is 733. The number of benzene rings is 2. The number of carbonyl (C=O) groups is 1. The molecule has 2 aromatic rings. The Hall–Kier alpha value is -1.85. The van der Waals surface area contributed by atoms with E-state index in [2.05, 4.69) is 22.0 Å². The van der Waals surface area contributed by atoms with Crippen LogP contribution in [0.3, 0.4) is 0 Å². The molecule has 0 spiro atoms. The molecule has 0 unspecified atom stereocenters. The standard InChI is InChI=1S/C18H19BrN2O2/c1-23-14-7-6-13(15(19)11-14)10-16(20)18(22)21-9-8-12-4-2-3-5-17(12)21/h2-7,11,16H,8-10,20H2,1H3/t16-/m0/s1. The van der Waals surface area contributed by atoms with E-state index in [0.717, 1.165) is 27.9 Å². The van der Waals surface area contributed by atoms with Crippen molar-refractivity contribution in [3.63, 3.8) is 0 Å². The molecule has 23 heavy (non-hydrogen) atoms. The van der Waals surface area contributed by atoms with E-state index in [0.29, 0.717) is 13.0 Å². The Balaban J connectivity index is 1.74. The minimum Gasteiger partial charge on any atom is -0.497 e. The third-order valence-electron chi connectivity index (χ3n) is 4.17. The van der Waals surface area contributed by atoms with Crippen molar-refractivity contribution in [2.24, 2.45) is 5.73 Å². The number of anilines is 1. The second-order valence-corrected chi connectivity index (χ2v) is 6.49. The van der Waals surface area contributed by atoms with Crippen LogP contribution in [0.4, 0.5) is 5.69 Å². The summed E-state index contributed by atoms with van der Waals surface area (Å²) in [5, 5.41) is 0. The topological polar surface area (TPSA) is 55.6 Å². The van der Waals surface area contributed by atoms with Crippen LogP contribution in [0.5, 0.6) is 5.75 Å². The summed E-state index contributed by atoms with van der Waals surface area (Å²) in [6, 6.07) is 13.1. The summed E-state index contributed by atoms with van der Waals surface area (Å²) >= 11 is 3.51. The van der Waals surface area contributed by atoms with Gasteiger partial charge < -0.3 is 15.4 Å². The molecule has 1 heterocycles. The van der Waals surface area contributed by atoms with E-state index in [1.807, 2.05) is 36.4 Å². The summed E-state index contributed by atoms with van der Waals surface area (Å²) in [6.45, 7) is 0.704. The van der Waals surface area contributed by atoms with Crippen molar-refractivity contribution in [1.82, 2.24) is 0 Å². The summed E-state index contributed by atoms with van der Waals surface area (Å²) in [6.07, 6.45) is 1.38. The largest absolute Gasteiger partial charge is 0.497 e. The van der Waals surface area contributed by atoms with Gasteiger partial charge in [0.15, 0.2) is 0 Å². The Morgan fingerprint density at radius 1 is 1.35 bits per heavy atom. The van der Waals surface area contributed by atoms with Crippen LogP contribution < -0.4 is 15.4 Å². The van der Waals surface area contributed by atoms with Gasteiger partial charge in [-0.05, 0) is 42.2 Å². The van der Waals surface area contributed by atoms with Gasteiger partial charge in [0, 0.05) is 16.7 Å². The van der Waals surface area contributed by atoms with Crippen LogP contribution in [0.2, 0.25) is 0 Å². The lowest BCUT2D eigenvalue weighted by Gasteiger charge is -2.22. The molecule has 0 fully saturated rings. The van der Waals surface area contributed by atoms with Gasteiger partial charge in [-0.25, -0.2) is 0 Å². The molecule has 0 aromatic heterocycles. The SMILES string of the molecule is COc1ccc(C[C@H](N)C(=O)N2CCc3ccccc32)c(Br)c1. The lowest BCUT2D eigenvalue weighted by Crippen LogP contribution is -2.44. The van der Waals surface area contributed by atoms with E-state index in [-0.39, 0.29) is 5.91 Å². The number of nitrogens with zero attached hydrogens (tertiary/aromatic N) is 1. The van der Waals surface area contributed by atoms with Gasteiger partial charge in [0.05, 0.1) is 13.2 Å². The fraction of sp³-hybridized carbons (Fsp3) is 0.278. The molecule has 2 aromatic carbocycles. The highest BCUT2D eigenvalue weighted by Crippen LogP contribution is 2.29. The second-order valence-electron chi connectivity index (χ2n) is 5.64. The number of para-hydroxylation sites is 1. The number of fused-ring (bicyclic) bond motifs is 1. The fourth-order valence-corrected chi connectivity index (χ4v) is 3.43. The lowest BCUT2D eigenvalue weighted by molar-refractivity contribution is -0.119. The van der Waals surface area contributed by atoms with E-state index in [1.54, 1.807) is 12.0 Å². The molecule has 120 valence electrons. The van der Waals surface area contributed by atoms with E-state index < -0.39 is 6.04 Å². The first-order chi connectivity index (χ1) is 11.1. The molecule has 1 aliphatic rings. The minimum absolute atomic E-state index is 0.0299. The number of carbonyl (C=O) groups excluding carboxylic acids is 1. The van der Waals surface area contributed by atoms with Crippen molar-refractivity contribution in [3.8, 4) is 5.75 Å². The van der Waals surface area contributed by atoms with Crippen molar-refractivity contribution < 1.29 is 9.53 Å². The Labute approximate surface area is 144 Å². The molecule has 0 bridgehead atoms. The Morgan fingerprint density at radius 3 is 2.87 bits per heavy atom. The number of hydrogen-bond donors (Lipinski definition) is 1. The zero-order valence-corrected chi connectivity index (χ0v) is 14.5. The van der Waals surface area contributed by atoms with Crippen molar-refractivity contribution in [2.75, 3.05) is 18.6 Å². The molecule has 0 saturated carbocycles. The summed E-state index contributed by atoms with van der Waals surface area (Å²) in [5.74, 6) is 0.742. The van der Waals surface area contributed by atoms with Gasteiger partial charge in [-0.3, -0.25) is 4.79 Å². The first-order valence-electron chi connectivity index (χ1n) is 7.57. The molecule has 2 N–H and O–H groups in total. The third kappa shape index (κ3) is 3.26. The zero-order chi connectivity index (χ0) is 16.4. The van der Waals surface area contributed by atoms with Crippen molar-refractivity contribution in [1.29, 1.82) is 0 Å². The van der Waals surface area contributed by atoms with E-state index >= 15 is 0 Å². The number of halogens is 1. The van der Waals surface area contributed by atoms with Gasteiger partial charge in [0.1, 0.15) is 5.75 Å². The summed E-state index contributed by atoms with van der Waals surface area (Å²) in [5.41, 5.74) is 9.38. The van der Waals surface area contributed by atoms with Crippen molar-refractivity contribution in [3.05, 3.63) is 58.1 Å². The number of amides is 1. The highest BCUT2D eigenvalue weighted by Gasteiger charge is 2.28. The molecule has 0 saturated heterocycles. The molecule has 4 nitrogen and oxygen atoms in total. The average Bonchev–Trinajstić information content (AvgIpc) is 2.99.